The van der Waals surface area contributed by atoms with Gasteiger partial charge in [-0.2, -0.15) is 0 Å². The van der Waals surface area contributed by atoms with Crippen LogP contribution in [0.5, 0.6) is 0 Å². The zero-order valence-electron chi connectivity index (χ0n) is 22.5. The molecule has 8 heteroatoms. The quantitative estimate of drug-likeness (QED) is 0.495. The maximum absolute atomic E-state index is 12.2. The summed E-state index contributed by atoms with van der Waals surface area (Å²) in [6.45, 7) is 5.11. The Bertz CT molecular complexity index is 1380. The number of hydrogen-bond donors (Lipinski definition) is 3. The molecule has 1 unspecified atom stereocenters. The average molecular weight is 534 g/mol. The average Bonchev–Trinajstić information content (AvgIpc) is 3.23. The highest BCUT2D eigenvalue weighted by molar-refractivity contribution is 7.90. The summed E-state index contributed by atoms with van der Waals surface area (Å²) in [5.41, 5.74) is 14.9. The second-order valence-corrected chi connectivity index (χ2v) is 13.2. The summed E-state index contributed by atoms with van der Waals surface area (Å²) in [7, 11) is -3.27. The van der Waals surface area contributed by atoms with Crippen molar-refractivity contribution in [1.29, 1.82) is 0 Å². The van der Waals surface area contributed by atoms with Crippen molar-refractivity contribution >= 4 is 26.8 Å². The molecule has 202 valence electrons. The number of benzene rings is 2. The Labute approximate surface area is 226 Å². The molecule has 0 bridgehead atoms. The molecule has 1 atom stereocenters. The van der Waals surface area contributed by atoms with Crippen molar-refractivity contribution < 1.29 is 8.42 Å². The van der Waals surface area contributed by atoms with Crippen molar-refractivity contribution in [2.45, 2.75) is 68.8 Å². The number of hydrogen-bond acceptors (Lipinski definition) is 7. The predicted molar refractivity (Wildman–Crippen MR) is 154 cm³/mol. The molecule has 0 spiro atoms. The molecule has 0 aromatic heterocycles. The van der Waals surface area contributed by atoms with Crippen molar-refractivity contribution in [1.82, 2.24) is 20.9 Å². The molecular weight excluding hydrogens is 494 g/mol. The highest BCUT2D eigenvalue weighted by Gasteiger charge is 2.31. The van der Waals surface area contributed by atoms with Crippen molar-refractivity contribution in [2.75, 3.05) is 31.2 Å². The van der Waals surface area contributed by atoms with Gasteiger partial charge in [-0.1, -0.05) is 43.5 Å². The van der Waals surface area contributed by atoms with Crippen LogP contribution in [0.1, 0.15) is 74.6 Å². The number of rotatable bonds is 5. The second-order valence-electron chi connectivity index (χ2n) is 11.2. The molecule has 6 rings (SSSR count). The molecule has 0 radical (unpaired) electrons. The lowest BCUT2D eigenvalue weighted by atomic mass is 9.89. The van der Waals surface area contributed by atoms with Crippen LogP contribution in [-0.4, -0.2) is 50.3 Å². The van der Waals surface area contributed by atoms with Crippen LogP contribution < -0.4 is 16.3 Å². The Morgan fingerprint density at radius 1 is 1.00 bits per heavy atom. The van der Waals surface area contributed by atoms with Gasteiger partial charge in [-0.3, -0.25) is 9.91 Å². The number of fused-ring (bicyclic) bond motifs is 3. The van der Waals surface area contributed by atoms with E-state index < -0.39 is 9.84 Å². The first kappa shape index (κ1) is 25.5. The van der Waals surface area contributed by atoms with Crippen LogP contribution in [0.15, 0.2) is 59.1 Å². The van der Waals surface area contributed by atoms with Gasteiger partial charge in [-0.25, -0.2) is 8.42 Å². The first-order valence-electron chi connectivity index (χ1n) is 14.0. The van der Waals surface area contributed by atoms with E-state index in [2.05, 4.69) is 57.4 Å². The van der Waals surface area contributed by atoms with Gasteiger partial charge in [0.2, 0.25) is 0 Å². The highest BCUT2D eigenvalue weighted by atomic mass is 32.2. The van der Waals surface area contributed by atoms with E-state index in [1.807, 2.05) is 12.1 Å². The first-order chi connectivity index (χ1) is 18.4. The Morgan fingerprint density at radius 2 is 1.84 bits per heavy atom. The third kappa shape index (κ3) is 5.09. The van der Waals surface area contributed by atoms with E-state index in [0.29, 0.717) is 4.90 Å². The Morgan fingerprint density at radius 3 is 2.61 bits per heavy atom. The van der Waals surface area contributed by atoms with Crippen LogP contribution in [0.3, 0.4) is 0 Å². The molecule has 38 heavy (non-hydrogen) atoms. The van der Waals surface area contributed by atoms with Crippen molar-refractivity contribution in [2.24, 2.45) is 0 Å². The molecular formula is C30H39N5O2S. The highest BCUT2D eigenvalue weighted by Crippen LogP contribution is 2.39. The molecule has 1 saturated carbocycles. The second kappa shape index (κ2) is 10.4. The number of nitrogens with one attached hydrogen (secondary N) is 3. The molecule has 0 saturated heterocycles. The van der Waals surface area contributed by atoms with E-state index in [9.17, 15) is 8.42 Å². The third-order valence-electron chi connectivity index (χ3n) is 8.63. The van der Waals surface area contributed by atoms with Crippen molar-refractivity contribution in [3.05, 3.63) is 70.9 Å². The van der Waals surface area contributed by atoms with Gasteiger partial charge < -0.3 is 10.7 Å². The van der Waals surface area contributed by atoms with Gasteiger partial charge in [0.1, 0.15) is 0 Å². The van der Waals surface area contributed by atoms with Gasteiger partial charge in [0.25, 0.3) is 0 Å². The molecule has 3 aliphatic heterocycles. The topological polar surface area (TPSA) is 76.7 Å². The summed E-state index contributed by atoms with van der Waals surface area (Å²) >= 11 is 0. The van der Waals surface area contributed by atoms with E-state index in [4.69, 9.17) is 0 Å². The maximum atomic E-state index is 12.2. The van der Waals surface area contributed by atoms with Crippen molar-refractivity contribution in [3.8, 4) is 0 Å². The summed E-state index contributed by atoms with van der Waals surface area (Å²) in [4.78, 5) is 3.03. The number of allylic oxidation sites excluding steroid dienone is 1. The van der Waals surface area contributed by atoms with E-state index in [0.717, 1.165) is 49.9 Å². The van der Waals surface area contributed by atoms with Gasteiger partial charge in [-0.15, -0.1) is 5.53 Å². The third-order valence-corrected chi connectivity index (χ3v) is 9.74. The van der Waals surface area contributed by atoms with Crippen LogP contribution >= 0.6 is 0 Å². The largest absolute Gasteiger partial charge is 0.378 e. The lowest BCUT2D eigenvalue weighted by Crippen LogP contribution is -2.39. The molecule has 2 aromatic rings. The van der Waals surface area contributed by atoms with Gasteiger partial charge >= 0.3 is 0 Å². The zero-order valence-corrected chi connectivity index (χ0v) is 23.3. The van der Waals surface area contributed by atoms with Gasteiger partial charge in [-0.05, 0) is 73.6 Å². The summed E-state index contributed by atoms with van der Waals surface area (Å²) in [5, 5.41) is 5.87. The van der Waals surface area contributed by atoms with Crippen LogP contribution in [0.4, 0.5) is 5.69 Å². The smallest absolute Gasteiger partial charge is 0.175 e. The van der Waals surface area contributed by atoms with Gasteiger partial charge in [0, 0.05) is 43.2 Å². The maximum Gasteiger partial charge on any atom is 0.175 e. The molecule has 1 aliphatic carbocycles. The molecule has 0 amide bonds. The lowest BCUT2D eigenvalue weighted by Gasteiger charge is -2.36. The molecule has 4 aliphatic rings. The lowest BCUT2D eigenvalue weighted by molar-refractivity contribution is 0.171. The summed E-state index contributed by atoms with van der Waals surface area (Å²) in [6, 6.07) is 14.9. The molecule has 7 nitrogen and oxygen atoms in total. The molecule has 3 N–H and O–H groups in total. The van der Waals surface area contributed by atoms with Gasteiger partial charge in [0.05, 0.1) is 22.3 Å². The SMILES string of the molecule is CC1=C2c3ccc(C4=CCN(C5CCCCC5)CC4)cc3C(Nc3cccc(S(C)(=O)=O)c3)CCN2NN1. The zero-order chi connectivity index (χ0) is 26.3. The summed E-state index contributed by atoms with van der Waals surface area (Å²) < 4.78 is 24.4. The van der Waals surface area contributed by atoms with Crippen LogP contribution in [0.2, 0.25) is 0 Å². The fourth-order valence-corrected chi connectivity index (χ4v) is 7.22. The number of sulfone groups is 1. The fraction of sp³-hybridized carbons (Fsp3) is 0.467. The minimum Gasteiger partial charge on any atom is -0.378 e. The van der Waals surface area contributed by atoms with Crippen LogP contribution in [-0.2, 0) is 9.84 Å². The fourth-order valence-electron chi connectivity index (χ4n) is 6.56. The minimum atomic E-state index is -3.27. The van der Waals surface area contributed by atoms with E-state index in [-0.39, 0.29) is 6.04 Å². The van der Waals surface area contributed by atoms with E-state index >= 15 is 0 Å². The summed E-state index contributed by atoms with van der Waals surface area (Å²) in [5.74, 6) is 0. The first-order valence-corrected chi connectivity index (χ1v) is 15.9. The van der Waals surface area contributed by atoms with Crippen LogP contribution in [0, 0.1) is 0 Å². The Balaban J connectivity index is 1.32. The Hall–Kier alpha value is -2.81. The number of hydrazine groups is 2. The predicted octanol–water partition coefficient (Wildman–Crippen LogP) is 5.08. The minimum absolute atomic E-state index is 0.0513. The van der Waals surface area contributed by atoms with E-state index in [1.165, 1.54) is 66.3 Å². The van der Waals surface area contributed by atoms with Crippen molar-refractivity contribution in [3.63, 3.8) is 0 Å². The standard InChI is InChI=1S/C30H39N5O2S/c1-21-30-27-12-11-23(22-13-16-34(17-14-22)25-8-4-3-5-9-25)19-28(27)29(15-18-35(30)33-32-21)31-24-7-6-10-26(20-24)38(2,36)37/h6-7,10-13,19-20,25,29,31-33H,3-5,8-9,14-18H2,1-2H3. The molecule has 2 aromatic carbocycles. The Kier molecular flexibility index (Phi) is 6.97. The van der Waals surface area contributed by atoms with Crippen LogP contribution in [0.25, 0.3) is 11.3 Å². The number of anilines is 1. The summed E-state index contributed by atoms with van der Waals surface area (Å²) in [6.07, 6.45) is 12.5. The van der Waals surface area contributed by atoms with E-state index in [1.54, 1.807) is 12.1 Å². The number of nitrogens with zero attached hydrogens (tertiary/aromatic N) is 2. The normalized spacial score (nSPS) is 22.8. The van der Waals surface area contributed by atoms with Gasteiger partial charge in [0.15, 0.2) is 9.84 Å². The monoisotopic (exact) mass is 533 g/mol. The molecule has 1 fully saturated rings. The molecule has 3 heterocycles.